The van der Waals surface area contributed by atoms with E-state index in [1.807, 2.05) is 0 Å². The molecule has 0 spiro atoms. The van der Waals surface area contributed by atoms with Gasteiger partial charge in [-0.05, 0) is 6.92 Å². The molecule has 0 aliphatic rings. The summed E-state index contributed by atoms with van der Waals surface area (Å²) in [6.45, 7) is 1.62. The Morgan fingerprint density at radius 3 is 2.42 bits per heavy atom. The van der Waals surface area contributed by atoms with Crippen molar-refractivity contribution in [2.75, 3.05) is 6.26 Å². The molecule has 0 aromatic carbocycles. The number of hydrogen-bond donors (Lipinski definition) is 1. The fourth-order valence-corrected chi connectivity index (χ4v) is 1.33. The highest BCUT2D eigenvalue weighted by Crippen LogP contribution is 2.00. The zero-order chi connectivity index (χ0) is 9.35. The first-order valence-electron chi connectivity index (χ1n) is 3.30. The molecule has 0 atom stereocenters. The first-order chi connectivity index (χ1) is 5.41. The van der Waals surface area contributed by atoms with Gasteiger partial charge in [0.15, 0.2) is 15.3 Å². The van der Waals surface area contributed by atoms with E-state index in [1.54, 1.807) is 6.92 Å². The van der Waals surface area contributed by atoms with Crippen molar-refractivity contribution < 1.29 is 8.42 Å². The lowest BCUT2D eigenvalue weighted by Crippen LogP contribution is -2.10. The van der Waals surface area contributed by atoms with Crippen LogP contribution < -0.4 is 5.43 Å². The standard InChI is InChI=1S/C7H9NO3S/c1-5-4-8-7(3-6(5)9)12(2,10)11/h3-4H,1-2H3,(H,8,9). The molecule has 0 bridgehead atoms. The maximum Gasteiger partial charge on any atom is 0.190 e. The van der Waals surface area contributed by atoms with E-state index in [2.05, 4.69) is 4.98 Å². The quantitative estimate of drug-likeness (QED) is 0.677. The minimum Gasteiger partial charge on any atom is -0.352 e. The van der Waals surface area contributed by atoms with Crippen molar-refractivity contribution in [1.29, 1.82) is 0 Å². The Kier molecular flexibility index (Phi) is 2.06. The Hall–Kier alpha value is -1.10. The van der Waals surface area contributed by atoms with Crippen molar-refractivity contribution in [3.63, 3.8) is 0 Å². The molecule has 66 valence electrons. The highest BCUT2D eigenvalue weighted by atomic mass is 32.2. The van der Waals surface area contributed by atoms with Gasteiger partial charge in [-0.1, -0.05) is 0 Å². The highest BCUT2D eigenvalue weighted by Gasteiger charge is 2.07. The number of pyridine rings is 1. The molecule has 1 N–H and O–H groups in total. The van der Waals surface area contributed by atoms with Gasteiger partial charge in [-0.25, -0.2) is 8.42 Å². The molecule has 0 saturated carbocycles. The molecule has 12 heavy (non-hydrogen) atoms. The molecule has 0 radical (unpaired) electrons. The molecule has 1 rings (SSSR count). The molecule has 0 fully saturated rings. The number of aromatic amines is 1. The number of nitrogens with one attached hydrogen (secondary N) is 1. The topological polar surface area (TPSA) is 67.0 Å². The molecule has 0 saturated heterocycles. The van der Waals surface area contributed by atoms with Crippen LogP contribution in [0.2, 0.25) is 0 Å². The molecule has 0 aliphatic heterocycles. The minimum atomic E-state index is -3.30. The molecule has 1 heterocycles. The van der Waals surface area contributed by atoms with Crippen LogP contribution in [0.25, 0.3) is 0 Å². The fourth-order valence-electron chi connectivity index (χ4n) is 0.739. The van der Waals surface area contributed by atoms with Gasteiger partial charge in [0.2, 0.25) is 0 Å². The number of hydrogen-bond acceptors (Lipinski definition) is 3. The van der Waals surface area contributed by atoms with Crippen LogP contribution in [-0.4, -0.2) is 19.7 Å². The van der Waals surface area contributed by atoms with E-state index in [0.29, 0.717) is 5.56 Å². The van der Waals surface area contributed by atoms with Crippen LogP contribution in [0.3, 0.4) is 0 Å². The van der Waals surface area contributed by atoms with Crippen LogP contribution >= 0.6 is 0 Å². The van der Waals surface area contributed by atoms with Crippen molar-refractivity contribution in [3.8, 4) is 0 Å². The Bertz CT molecular complexity index is 444. The summed E-state index contributed by atoms with van der Waals surface area (Å²) in [6, 6.07) is 1.09. The summed E-state index contributed by atoms with van der Waals surface area (Å²) in [6.07, 6.45) is 2.44. The molecule has 0 amide bonds. The number of aryl methyl sites for hydroxylation is 1. The van der Waals surface area contributed by atoms with Gasteiger partial charge >= 0.3 is 0 Å². The van der Waals surface area contributed by atoms with Crippen molar-refractivity contribution in [1.82, 2.24) is 4.98 Å². The van der Waals surface area contributed by atoms with Crippen molar-refractivity contribution in [2.24, 2.45) is 0 Å². The lowest BCUT2D eigenvalue weighted by molar-refractivity contribution is 0.598. The van der Waals surface area contributed by atoms with Gasteiger partial charge in [-0.2, -0.15) is 0 Å². The third kappa shape index (κ3) is 1.73. The number of H-pyrrole nitrogens is 1. The molecule has 5 heteroatoms. The van der Waals surface area contributed by atoms with Crippen molar-refractivity contribution in [2.45, 2.75) is 11.9 Å². The second-order valence-electron chi connectivity index (χ2n) is 2.62. The maximum absolute atomic E-state index is 11.0. The average Bonchev–Trinajstić information content (AvgIpc) is 1.92. The summed E-state index contributed by atoms with van der Waals surface area (Å²) in [5, 5.41) is -0.0434. The lowest BCUT2D eigenvalue weighted by atomic mass is 10.3. The summed E-state index contributed by atoms with van der Waals surface area (Å²) < 4.78 is 21.9. The van der Waals surface area contributed by atoms with E-state index >= 15 is 0 Å². The zero-order valence-corrected chi connectivity index (χ0v) is 7.60. The van der Waals surface area contributed by atoms with Gasteiger partial charge in [0.25, 0.3) is 0 Å². The largest absolute Gasteiger partial charge is 0.352 e. The summed E-state index contributed by atoms with van der Waals surface area (Å²) in [5.74, 6) is 0. The molecule has 4 nitrogen and oxygen atoms in total. The average molecular weight is 187 g/mol. The van der Waals surface area contributed by atoms with Crippen molar-refractivity contribution in [3.05, 3.63) is 28.0 Å². The van der Waals surface area contributed by atoms with E-state index in [1.165, 1.54) is 6.20 Å². The van der Waals surface area contributed by atoms with Gasteiger partial charge in [0, 0.05) is 24.1 Å². The summed E-state index contributed by atoms with van der Waals surface area (Å²) in [7, 11) is -3.30. The van der Waals surface area contributed by atoms with Crippen molar-refractivity contribution >= 4 is 9.84 Å². The lowest BCUT2D eigenvalue weighted by Gasteiger charge is -1.97. The smallest absolute Gasteiger partial charge is 0.190 e. The van der Waals surface area contributed by atoms with Gasteiger partial charge in [0.1, 0.15) is 5.03 Å². The Morgan fingerprint density at radius 2 is 2.00 bits per heavy atom. The molecule has 1 aromatic rings. The normalized spacial score (nSPS) is 11.5. The van der Waals surface area contributed by atoms with Gasteiger partial charge in [-0.3, -0.25) is 4.79 Å². The first kappa shape index (κ1) is 8.99. The predicted molar refractivity (Wildman–Crippen MR) is 44.9 cm³/mol. The molecule has 0 aliphatic carbocycles. The molecular weight excluding hydrogens is 178 g/mol. The summed E-state index contributed by atoms with van der Waals surface area (Å²) in [5.41, 5.74) is 0.233. The summed E-state index contributed by atoms with van der Waals surface area (Å²) >= 11 is 0. The first-order valence-corrected chi connectivity index (χ1v) is 5.20. The van der Waals surface area contributed by atoms with E-state index in [4.69, 9.17) is 0 Å². The Balaban J connectivity index is 3.43. The monoisotopic (exact) mass is 187 g/mol. The third-order valence-corrected chi connectivity index (χ3v) is 2.52. The molecule has 1 aromatic heterocycles. The third-order valence-electron chi connectivity index (χ3n) is 1.48. The predicted octanol–water partition coefficient (Wildman–Crippen LogP) is 0.0868. The van der Waals surface area contributed by atoms with Crippen LogP contribution in [0.15, 0.2) is 22.1 Å². The SMILES string of the molecule is Cc1c[nH]c(S(C)(=O)=O)cc1=O. The van der Waals surface area contributed by atoms with E-state index in [0.717, 1.165) is 12.3 Å². The minimum absolute atomic E-state index is 0.0434. The highest BCUT2D eigenvalue weighted by molar-refractivity contribution is 7.90. The second-order valence-corrected chi connectivity index (χ2v) is 4.60. The number of rotatable bonds is 1. The van der Waals surface area contributed by atoms with Gasteiger partial charge < -0.3 is 4.98 Å². The van der Waals surface area contributed by atoms with E-state index in [-0.39, 0.29) is 10.5 Å². The maximum atomic E-state index is 11.0. The van der Waals surface area contributed by atoms with Gasteiger partial charge in [0.05, 0.1) is 0 Å². The van der Waals surface area contributed by atoms with Crippen LogP contribution in [0.5, 0.6) is 0 Å². The van der Waals surface area contributed by atoms with Gasteiger partial charge in [-0.15, -0.1) is 0 Å². The fraction of sp³-hybridized carbons (Fsp3) is 0.286. The Labute approximate surface area is 70.2 Å². The van der Waals surface area contributed by atoms with E-state index < -0.39 is 9.84 Å². The number of sulfone groups is 1. The van der Waals surface area contributed by atoms with Crippen LogP contribution in [-0.2, 0) is 9.84 Å². The number of aromatic nitrogens is 1. The second kappa shape index (κ2) is 2.75. The molecular formula is C7H9NO3S. The van der Waals surface area contributed by atoms with Crippen LogP contribution in [0, 0.1) is 6.92 Å². The molecule has 0 unspecified atom stereocenters. The van der Waals surface area contributed by atoms with Crippen LogP contribution in [0.1, 0.15) is 5.56 Å². The van der Waals surface area contributed by atoms with Crippen LogP contribution in [0.4, 0.5) is 0 Å². The van der Waals surface area contributed by atoms with E-state index in [9.17, 15) is 13.2 Å². The Morgan fingerprint density at radius 1 is 1.42 bits per heavy atom. The zero-order valence-electron chi connectivity index (χ0n) is 6.79. The summed E-state index contributed by atoms with van der Waals surface area (Å²) in [4.78, 5) is 13.5.